The summed E-state index contributed by atoms with van der Waals surface area (Å²) in [4.78, 5) is 0. The van der Waals surface area contributed by atoms with E-state index >= 15 is 0 Å². The molecule has 3 saturated carbocycles. The van der Waals surface area contributed by atoms with E-state index in [4.69, 9.17) is 4.74 Å². The van der Waals surface area contributed by atoms with E-state index in [-0.39, 0.29) is 0 Å². The summed E-state index contributed by atoms with van der Waals surface area (Å²) >= 11 is 0. The molecule has 0 aliphatic heterocycles. The Hall–Kier alpha value is -0.300. The lowest BCUT2D eigenvalue weighted by Gasteiger charge is -2.58. The second-order valence-corrected chi connectivity index (χ2v) is 12.4. The molecule has 0 heterocycles. The van der Waals surface area contributed by atoms with Crippen LogP contribution in [0.2, 0.25) is 0 Å². The minimum atomic E-state index is 0.472. The van der Waals surface area contributed by atoms with Crippen molar-refractivity contribution in [3.05, 3.63) is 11.6 Å². The fraction of sp³-hybridized carbons (Fsp3) is 0.929. The zero-order chi connectivity index (χ0) is 20.8. The molecular weight excluding hydrogens is 352 g/mol. The van der Waals surface area contributed by atoms with E-state index < -0.39 is 0 Å². The lowest BCUT2D eigenvalue weighted by molar-refractivity contribution is -0.0601. The summed E-state index contributed by atoms with van der Waals surface area (Å²) in [6.07, 6.45) is 18.7. The Bertz CT molecular complexity index is 605. The van der Waals surface area contributed by atoms with Gasteiger partial charge in [0.15, 0.2) is 0 Å². The van der Waals surface area contributed by atoms with Crippen LogP contribution in [0.1, 0.15) is 105 Å². The van der Waals surface area contributed by atoms with Crippen molar-refractivity contribution in [2.24, 2.45) is 46.3 Å². The number of allylic oxidation sites excluding steroid dienone is 1. The normalized spacial score (nSPS) is 45.3. The third kappa shape index (κ3) is 3.77. The summed E-state index contributed by atoms with van der Waals surface area (Å²) in [7, 11) is 1.91. The molecule has 3 unspecified atom stereocenters. The van der Waals surface area contributed by atoms with Crippen molar-refractivity contribution >= 4 is 0 Å². The maximum Gasteiger partial charge on any atom is 0.0608 e. The fourth-order valence-electron chi connectivity index (χ4n) is 8.85. The Morgan fingerprint density at radius 2 is 1.79 bits per heavy atom. The monoisotopic (exact) mass is 400 g/mol. The zero-order valence-corrected chi connectivity index (χ0v) is 20.3. The highest BCUT2D eigenvalue weighted by Crippen LogP contribution is 2.67. The van der Waals surface area contributed by atoms with Crippen LogP contribution in [0.3, 0.4) is 0 Å². The molecule has 1 heteroatoms. The zero-order valence-electron chi connectivity index (χ0n) is 20.3. The Balaban J connectivity index is 1.48. The third-order valence-electron chi connectivity index (χ3n) is 10.6. The van der Waals surface area contributed by atoms with Gasteiger partial charge in [-0.25, -0.2) is 0 Å². The van der Waals surface area contributed by atoms with Crippen LogP contribution in [0.5, 0.6) is 0 Å². The van der Waals surface area contributed by atoms with Crippen LogP contribution in [-0.2, 0) is 4.74 Å². The van der Waals surface area contributed by atoms with Crippen molar-refractivity contribution in [2.75, 3.05) is 7.11 Å². The van der Waals surface area contributed by atoms with E-state index in [0.29, 0.717) is 16.9 Å². The molecule has 8 atom stereocenters. The van der Waals surface area contributed by atoms with Crippen LogP contribution < -0.4 is 0 Å². The first-order valence-electron chi connectivity index (χ1n) is 13.0. The highest BCUT2D eigenvalue weighted by molar-refractivity contribution is 5.25. The Morgan fingerprint density at radius 3 is 2.52 bits per heavy atom. The number of ether oxygens (including phenoxy) is 1. The first-order chi connectivity index (χ1) is 13.8. The molecule has 0 saturated heterocycles. The molecule has 1 nitrogen and oxygen atoms in total. The smallest absolute Gasteiger partial charge is 0.0608 e. The first kappa shape index (κ1) is 21.9. The van der Waals surface area contributed by atoms with E-state index in [2.05, 4.69) is 40.7 Å². The van der Waals surface area contributed by atoms with Crippen molar-refractivity contribution in [3.63, 3.8) is 0 Å². The molecule has 0 amide bonds. The van der Waals surface area contributed by atoms with Crippen molar-refractivity contribution in [1.82, 2.24) is 0 Å². The summed E-state index contributed by atoms with van der Waals surface area (Å²) in [6, 6.07) is 0. The number of hydrogen-bond donors (Lipinski definition) is 0. The van der Waals surface area contributed by atoms with Gasteiger partial charge in [-0.1, -0.05) is 65.5 Å². The van der Waals surface area contributed by atoms with Gasteiger partial charge in [0.1, 0.15) is 0 Å². The second kappa shape index (κ2) is 8.33. The molecule has 3 fully saturated rings. The van der Waals surface area contributed by atoms with E-state index in [1.54, 1.807) is 5.57 Å². The van der Waals surface area contributed by atoms with Crippen molar-refractivity contribution in [3.8, 4) is 0 Å². The van der Waals surface area contributed by atoms with Crippen LogP contribution >= 0.6 is 0 Å². The average Bonchev–Trinajstić information content (AvgIpc) is 3.04. The van der Waals surface area contributed by atoms with E-state index in [1.807, 2.05) is 7.11 Å². The molecule has 0 bridgehead atoms. The number of methoxy groups -OCH3 is 1. The van der Waals surface area contributed by atoms with E-state index in [1.165, 1.54) is 70.6 Å². The van der Waals surface area contributed by atoms with Crippen molar-refractivity contribution in [1.29, 1.82) is 0 Å². The molecule has 4 aliphatic carbocycles. The largest absolute Gasteiger partial charge is 0.381 e. The van der Waals surface area contributed by atoms with E-state index in [9.17, 15) is 0 Å². The van der Waals surface area contributed by atoms with Gasteiger partial charge in [-0.2, -0.15) is 0 Å². The third-order valence-corrected chi connectivity index (χ3v) is 10.6. The molecule has 4 rings (SSSR count). The molecule has 0 radical (unpaired) electrons. The van der Waals surface area contributed by atoms with Gasteiger partial charge >= 0.3 is 0 Å². The Morgan fingerprint density at radius 1 is 1.00 bits per heavy atom. The predicted molar refractivity (Wildman–Crippen MR) is 124 cm³/mol. The number of fused-ring (bicyclic) bond motifs is 5. The minimum absolute atomic E-state index is 0.472. The molecule has 4 aliphatic rings. The first-order valence-corrected chi connectivity index (χ1v) is 13.0. The fourth-order valence-corrected chi connectivity index (χ4v) is 8.85. The van der Waals surface area contributed by atoms with Crippen LogP contribution in [-0.4, -0.2) is 13.2 Å². The molecule has 0 spiro atoms. The lowest BCUT2D eigenvalue weighted by Crippen LogP contribution is -2.50. The highest BCUT2D eigenvalue weighted by Gasteiger charge is 2.59. The van der Waals surface area contributed by atoms with Crippen LogP contribution in [0.25, 0.3) is 0 Å². The van der Waals surface area contributed by atoms with Crippen LogP contribution in [0.4, 0.5) is 0 Å². The quantitative estimate of drug-likeness (QED) is 0.410. The SMILES string of the molecule is CO[C@@H]1CC[C@]2(C)C(=CC[C@H]3C2CC[C@]2(C)C3CC[C@H]2C(C)CCCC(C)C)C1. The lowest BCUT2D eigenvalue weighted by atomic mass is 9.47. The van der Waals surface area contributed by atoms with Gasteiger partial charge in [-0.3, -0.25) is 0 Å². The molecule has 0 N–H and O–H groups in total. The summed E-state index contributed by atoms with van der Waals surface area (Å²) < 4.78 is 5.75. The highest BCUT2D eigenvalue weighted by atomic mass is 16.5. The van der Waals surface area contributed by atoms with E-state index in [0.717, 1.165) is 35.5 Å². The van der Waals surface area contributed by atoms with Gasteiger partial charge in [-0.05, 0) is 97.7 Å². The van der Waals surface area contributed by atoms with Crippen LogP contribution in [0.15, 0.2) is 11.6 Å². The topological polar surface area (TPSA) is 9.23 Å². The summed E-state index contributed by atoms with van der Waals surface area (Å²) in [6.45, 7) is 12.7. The number of rotatable bonds is 6. The van der Waals surface area contributed by atoms with Crippen molar-refractivity contribution < 1.29 is 4.74 Å². The summed E-state index contributed by atoms with van der Waals surface area (Å²) in [5.41, 5.74) is 2.85. The standard InChI is InChI=1S/C28H48O/c1-19(2)8-7-9-20(3)24-12-13-25-23-11-10-21-18-22(29-6)14-16-27(21,4)26(23)15-17-28(24,25)5/h10,19-20,22-26H,7-9,11-18H2,1-6H3/t20?,22-,23-,24+,25?,26?,27-,28+/m1/s1. The summed E-state index contributed by atoms with van der Waals surface area (Å²) in [5, 5.41) is 0. The molecule has 166 valence electrons. The summed E-state index contributed by atoms with van der Waals surface area (Å²) in [5.74, 6) is 5.63. The van der Waals surface area contributed by atoms with Gasteiger partial charge in [0, 0.05) is 7.11 Å². The molecule has 0 aromatic carbocycles. The predicted octanol–water partition coefficient (Wildman–Crippen LogP) is 8.04. The Labute approximate surface area is 181 Å². The van der Waals surface area contributed by atoms with Gasteiger partial charge in [0.2, 0.25) is 0 Å². The minimum Gasteiger partial charge on any atom is -0.381 e. The molecule has 29 heavy (non-hydrogen) atoms. The molecule has 0 aromatic rings. The van der Waals surface area contributed by atoms with Crippen molar-refractivity contribution in [2.45, 2.75) is 111 Å². The molecule has 0 aromatic heterocycles. The van der Waals surface area contributed by atoms with Gasteiger partial charge in [0.25, 0.3) is 0 Å². The molecular formula is C28H48O. The second-order valence-electron chi connectivity index (χ2n) is 12.4. The number of hydrogen-bond acceptors (Lipinski definition) is 1. The Kier molecular flexibility index (Phi) is 6.29. The van der Waals surface area contributed by atoms with Crippen LogP contribution in [0, 0.1) is 46.3 Å². The maximum atomic E-state index is 5.75. The van der Waals surface area contributed by atoms with Gasteiger partial charge in [0.05, 0.1) is 6.10 Å². The average molecular weight is 401 g/mol. The van der Waals surface area contributed by atoms with Gasteiger partial charge < -0.3 is 4.74 Å². The maximum absolute atomic E-state index is 5.75. The van der Waals surface area contributed by atoms with Gasteiger partial charge in [-0.15, -0.1) is 0 Å².